The van der Waals surface area contributed by atoms with Crippen molar-refractivity contribution in [1.82, 2.24) is 20.3 Å². The van der Waals surface area contributed by atoms with E-state index in [4.69, 9.17) is 0 Å². The van der Waals surface area contributed by atoms with Gasteiger partial charge in [0.2, 0.25) is 0 Å². The summed E-state index contributed by atoms with van der Waals surface area (Å²) in [5, 5.41) is 13.4. The molecule has 1 aromatic carbocycles. The number of rotatable bonds is 4. The zero-order valence-corrected chi connectivity index (χ0v) is 11.3. The standard InChI is InChI=1S/C14H11N5O3/c20-14(11-3-1-2-6-15-11)16-8-13-17-10-5-4-9(19(21)22)7-12(10)18-13/h1-7H,8H2,(H,16,20)(H,17,18). The third-order valence-corrected chi connectivity index (χ3v) is 3.04. The van der Waals surface area contributed by atoms with Crippen molar-refractivity contribution in [2.75, 3.05) is 0 Å². The van der Waals surface area contributed by atoms with Crippen LogP contribution >= 0.6 is 0 Å². The maximum atomic E-state index is 11.9. The van der Waals surface area contributed by atoms with E-state index >= 15 is 0 Å². The summed E-state index contributed by atoms with van der Waals surface area (Å²) in [7, 11) is 0. The van der Waals surface area contributed by atoms with Gasteiger partial charge in [-0.1, -0.05) is 6.07 Å². The Kier molecular flexibility index (Phi) is 3.48. The van der Waals surface area contributed by atoms with Crippen LogP contribution in [0.3, 0.4) is 0 Å². The van der Waals surface area contributed by atoms with Crippen molar-refractivity contribution in [3.8, 4) is 0 Å². The minimum atomic E-state index is -0.469. The number of hydrogen-bond acceptors (Lipinski definition) is 5. The van der Waals surface area contributed by atoms with E-state index in [-0.39, 0.29) is 18.1 Å². The largest absolute Gasteiger partial charge is 0.343 e. The highest BCUT2D eigenvalue weighted by Gasteiger charge is 2.11. The summed E-state index contributed by atoms with van der Waals surface area (Å²) < 4.78 is 0. The molecule has 2 heterocycles. The Morgan fingerprint density at radius 2 is 2.18 bits per heavy atom. The quantitative estimate of drug-likeness (QED) is 0.563. The highest BCUT2D eigenvalue weighted by atomic mass is 16.6. The molecule has 0 aliphatic rings. The van der Waals surface area contributed by atoms with E-state index in [0.717, 1.165) is 0 Å². The van der Waals surface area contributed by atoms with Crippen LogP contribution in [0.4, 0.5) is 5.69 Å². The van der Waals surface area contributed by atoms with E-state index in [2.05, 4.69) is 20.3 Å². The Morgan fingerprint density at radius 3 is 2.91 bits per heavy atom. The fourth-order valence-electron chi connectivity index (χ4n) is 2.00. The normalized spacial score (nSPS) is 10.5. The van der Waals surface area contributed by atoms with Gasteiger partial charge in [-0.3, -0.25) is 19.9 Å². The number of carbonyl (C=O) groups excluding carboxylic acids is 1. The summed E-state index contributed by atoms with van der Waals surface area (Å²) in [6.07, 6.45) is 1.54. The predicted octanol–water partition coefficient (Wildman–Crippen LogP) is 1.80. The first-order valence-corrected chi connectivity index (χ1v) is 6.46. The monoisotopic (exact) mass is 297 g/mol. The minimum absolute atomic E-state index is 0.0137. The topological polar surface area (TPSA) is 114 Å². The molecule has 2 aromatic heterocycles. The molecule has 0 aliphatic carbocycles. The van der Waals surface area contributed by atoms with Crippen molar-refractivity contribution in [3.05, 3.63) is 64.2 Å². The van der Waals surface area contributed by atoms with Crippen LogP contribution in [0.5, 0.6) is 0 Å². The smallest absolute Gasteiger partial charge is 0.271 e. The number of hydrogen-bond donors (Lipinski definition) is 2. The van der Waals surface area contributed by atoms with Gasteiger partial charge in [-0.15, -0.1) is 0 Å². The van der Waals surface area contributed by atoms with E-state index in [1.165, 1.54) is 18.3 Å². The van der Waals surface area contributed by atoms with Gasteiger partial charge in [-0.2, -0.15) is 0 Å². The second-order valence-electron chi connectivity index (χ2n) is 4.54. The van der Waals surface area contributed by atoms with Crippen molar-refractivity contribution >= 4 is 22.6 Å². The highest BCUT2D eigenvalue weighted by molar-refractivity contribution is 5.92. The lowest BCUT2D eigenvalue weighted by atomic mass is 10.3. The van der Waals surface area contributed by atoms with Gasteiger partial charge in [0, 0.05) is 18.3 Å². The van der Waals surface area contributed by atoms with Crippen molar-refractivity contribution in [3.63, 3.8) is 0 Å². The molecule has 0 spiro atoms. The molecule has 0 saturated heterocycles. The molecule has 8 nitrogen and oxygen atoms in total. The number of aromatic amines is 1. The maximum Gasteiger partial charge on any atom is 0.271 e. The summed E-state index contributed by atoms with van der Waals surface area (Å²) in [5.41, 5.74) is 1.46. The van der Waals surface area contributed by atoms with E-state index in [0.29, 0.717) is 22.6 Å². The van der Waals surface area contributed by atoms with Crippen LogP contribution in [0.25, 0.3) is 11.0 Å². The number of amides is 1. The number of carbonyl (C=O) groups is 1. The van der Waals surface area contributed by atoms with Gasteiger partial charge in [0.15, 0.2) is 0 Å². The van der Waals surface area contributed by atoms with Crippen LogP contribution in [0.15, 0.2) is 42.6 Å². The zero-order chi connectivity index (χ0) is 15.5. The predicted molar refractivity (Wildman–Crippen MR) is 78.2 cm³/mol. The number of aromatic nitrogens is 3. The number of nitrogens with zero attached hydrogens (tertiary/aromatic N) is 3. The molecule has 3 aromatic rings. The number of nitro groups is 1. The Bertz CT molecular complexity index is 844. The third-order valence-electron chi connectivity index (χ3n) is 3.04. The molecule has 0 atom stereocenters. The van der Waals surface area contributed by atoms with Crippen LogP contribution in [0.1, 0.15) is 16.3 Å². The molecule has 0 saturated carbocycles. The van der Waals surface area contributed by atoms with Crippen LogP contribution in [0, 0.1) is 10.1 Å². The van der Waals surface area contributed by atoms with Crippen molar-refractivity contribution in [2.24, 2.45) is 0 Å². The number of nitro benzene ring substituents is 1. The molecular weight excluding hydrogens is 286 g/mol. The Balaban J connectivity index is 1.74. The van der Waals surface area contributed by atoms with Crippen molar-refractivity contribution < 1.29 is 9.72 Å². The number of pyridine rings is 1. The van der Waals surface area contributed by atoms with Gasteiger partial charge in [0.1, 0.15) is 11.5 Å². The van der Waals surface area contributed by atoms with Crippen molar-refractivity contribution in [2.45, 2.75) is 6.54 Å². The number of benzene rings is 1. The lowest BCUT2D eigenvalue weighted by molar-refractivity contribution is -0.384. The second-order valence-corrected chi connectivity index (χ2v) is 4.54. The maximum absolute atomic E-state index is 11.9. The fourth-order valence-corrected chi connectivity index (χ4v) is 2.00. The Labute approximate surface area is 124 Å². The van der Waals surface area contributed by atoms with Crippen LogP contribution < -0.4 is 5.32 Å². The van der Waals surface area contributed by atoms with Crippen LogP contribution in [-0.4, -0.2) is 25.8 Å². The molecule has 110 valence electrons. The number of H-pyrrole nitrogens is 1. The van der Waals surface area contributed by atoms with Gasteiger partial charge in [0.25, 0.3) is 11.6 Å². The van der Waals surface area contributed by atoms with E-state index < -0.39 is 4.92 Å². The average molecular weight is 297 g/mol. The molecule has 0 fully saturated rings. The molecule has 0 aliphatic heterocycles. The minimum Gasteiger partial charge on any atom is -0.343 e. The molecule has 8 heteroatoms. The van der Waals surface area contributed by atoms with Gasteiger partial charge in [-0.25, -0.2) is 4.98 Å². The van der Waals surface area contributed by atoms with Crippen molar-refractivity contribution in [1.29, 1.82) is 0 Å². The molecule has 0 unspecified atom stereocenters. The number of nitrogens with one attached hydrogen (secondary N) is 2. The molecule has 2 N–H and O–H groups in total. The molecule has 0 radical (unpaired) electrons. The summed E-state index contributed by atoms with van der Waals surface area (Å²) in [6.45, 7) is 0.178. The number of non-ortho nitro benzene ring substituents is 1. The van der Waals surface area contributed by atoms with E-state index in [1.54, 1.807) is 24.3 Å². The first-order valence-electron chi connectivity index (χ1n) is 6.46. The first-order chi connectivity index (χ1) is 10.6. The highest BCUT2D eigenvalue weighted by Crippen LogP contribution is 2.18. The summed E-state index contributed by atoms with van der Waals surface area (Å²) in [4.78, 5) is 33.3. The SMILES string of the molecule is O=C(NCc1nc2ccc([N+](=O)[O-])cc2[nH]1)c1ccccn1. The first kappa shape index (κ1) is 13.7. The zero-order valence-electron chi connectivity index (χ0n) is 11.3. The summed E-state index contributed by atoms with van der Waals surface area (Å²) in [6, 6.07) is 9.42. The fraction of sp³-hybridized carbons (Fsp3) is 0.0714. The number of fused-ring (bicyclic) bond motifs is 1. The number of imidazole rings is 1. The van der Waals surface area contributed by atoms with Crippen LogP contribution in [0.2, 0.25) is 0 Å². The third kappa shape index (κ3) is 2.75. The summed E-state index contributed by atoms with van der Waals surface area (Å²) >= 11 is 0. The average Bonchev–Trinajstić information content (AvgIpc) is 2.95. The van der Waals surface area contributed by atoms with E-state index in [9.17, 15) is 14.9 Å². The van der Waals surface area contributed by atoms with E-state index in [1.807, 2.05) is 0 Å². The van der Waals surface area contributed by atoms with Gasteiger partial charge >= 0.3 is 0 Å². The molecular formula is C14H11N5O3. The summed E-state index contributed by atoms with van der Waals surface area (Å²) in [5.74, 6) is 0.201. The second kappa shape index (κ2) is 5.60. The van der Waals surface area contributed by atoms with Crippen LogP contribution in [-0.2, 0) is 6.54 Å². The lowest BCUT2D eigenvalue weighted by Gasteiger charge is -2.01. The molecule has 1 amide bonds. The Hall–Kier alpha value is -3.29. The Morgan fingerprint density at radius 1 is 1.32 bits per heavy atom. The molecule has 22 heavy (non-hydrogen) atoms. The lowest BCUT2D eigenvalue weighted by Crippen LogP contribution is -2.24. The molecule has 0 bridgehead atoms. The van der Waals surface area contributed by atoms with Gasteiger partial charge in [-0.05, 0) is 18.2 Å². The van der Waals surface area contributed by atoms with Gasteiger partial charge < -0.3 is 10.3 Å². The van der Waals surface area contributed by atoms with Gasteiger partial charge in [0.05, 0.1) is 22.5 Å². The molecule has 3 rings (SSSR count).